The lowest BCUT2D eigenvalue weighted by Crippen LogP contribution is -2.68. The molecular weight excluding hydrogens is 262 g/mol. The van der Waals surface area contributed by atoms with E-state index in [-0.39, 0.29) is 19.3 Å². The van der Waals surface area contributed by atoms with Crippen LogP contribution in [0.1, 0.15) is 47.0 Å². The standard InChI is InChI=1S/C13H21N3O4/c1-5-13(6-2)9(18)15-11(20)16(10(13)19)12(3,4)7-8(14)17/h5-7H2,1-4H3,(H2,14,17)(H,15,18,20). The monoisotopic (exact) mass is 283 g/mol. The molecule has 0 aromatic carbocycles. The van der Waals surface area contributed by atoms with Gasteiger partial charge in [-0.3, -0.25) is 24.6 Å². The maximum atomic E-state index is 12.7. The largest absolute Gasteiger partial charge is 0.370 e. The summed E-state index contributed by atoms with van der Waals surface area (Å²) in [7, 11) is 0. The Morgan fingerprint density at radius 3 is 2.15 bits per heavy atom. The van der Waals surface area contributed by atoms with E-state index in [9.17, 15) is 19.2 Å². The number of carbonyl (C=O) groups is 4. The van der Waals surface area contributed by atoms with Gasteiger partial charge in [-0.2, -0.15) is 0 Å². The van der Waals surface area contributed by atoms with Crippen LogP contribution in [0.4, 0.5) is 4.79 Å². The van der Waals surface area contributed by atoms with Crippen LogP contribution in [-0.2, 0) is 14.4 Å². The highest BCUT2D eigenvalue weighted by Crippen LogP contribution is 2.36. The van der Waals surface area contributed by atoms with E-state index in [0.29, 0.717) is 0 Å². The number of imide groups is 2. The molecule has 7 nitrogen and oxygen atoms in total. The van der Waals surface area contributed by atoms with Crippen LogP contribution in [0.2, 0.25) is 0 Å². The summed E-state index contributed by atoms with van der Waals surface area (Å²) in [6, 6.07) is -0.802. The molecule has 0 radical (unpaired) electrons. The molecule has 0 aliphatic carbocycles. The van der Waals surface area contributed by atoms with Gasteiger partial charge in [-0.25, -0.2) is 4.79 Å². The fraction of sp³-hybridized carbons (Fsp3) is 0.692. The van der Waals surface area contributed by atoms with Crippen LogP contribution in [0.25, 0.3) is 0 Å². The van der Waals surface area contributed by atoms with E-state index in [2.05, 4.69) is 5.32 Å². The Morgan fingerprint density at radius 2 is 1.75 bits per heavy atom. The van der Waals surface area contributed by atoms with E-state index in [0.717, 1.165) is 4.90 Å². The first-order valence-corrected chi connectivity index (χ1v) is 6.60. The third kappa shape index (κ3) is 2.39. The number of nitrogens with zero attached hydrogens (tertiary/aromatic N) is 1. The van der Waals surface area contributed by atoms with Crippen LogP contribution in [-0.4, -0.2) is 34.2 Å². The van der Waals surface area contributed by atoms with Gasteiger partial charge in [0.25, 0.3) is 0 Å². The van der Waals surface area contributed by atoms with Crippen molar-refractivity contribution >= 4 is 23.8 Å². The number of hydrogen-bond donors (Lipinski definition) is 2. The number of primary amides is 1. The Balaban J connectivity index is 3.26. The molecule has 1 rings (SSSR count). The molecule has 0 aromatic rings. The summed E-state index contributed by atoms with van der Waals surface area (Å²) < 4.78 is 0. The summed E-state index contributed by atoms with van der Waals surface area (Å²) in [6.45, 7) is 6.58. The summed E-state index contributed by atoms with van der Waals surface area (Å²) in [5, 5.41) is 2.21. The van der Waals surface area contributed by atoms with E-state index in [1.54, 1.807) is 27.7 Å². The summed E-state index contributed by atoms with van der Waals surface area (Å²) in [5.41, 5.74) is 2.82. The lowest BCUT2D eigenvalue weighted by atomic mass is 9.77. The third-order valence-electron chi connectivity index (χ3n) is 3.89. The lowest BCUT2D eigenvalue weighted by Gasteiger charge is -2.45. The van der Waals surface area contributed by atoms with Gasteiger partial charge >= 0.3 is 6.03 Å². The molecule has 1 saturated heterocycles. The number of amides is 5. The van der Waals surface area contributed by atoms with Gasteiger partial charge in [-0.15, -0.1) is 0 Å². The predicted molar refractivity (Wildman–Crippen MR) is 71.3 cm³/mol. The second kappa shape index (κ2) is 5.22. The maximum absolute atomic E-state index is 12.7. The van der Waals surface area contributed by atoms with Gasteiger partial charge in [0.05, 0.1) is 5.54 Å². The Kier molecular flexibility index (Phi) is 4.21. The lowest BCUT2D eigenvalue weighted by molar-refractivity contribution is -0.155. The first kappa shape index (κ1) is 16.1. The van der Waals surface area contributed by atoms with Crippen molar-refractivity contribution < 1.29 is 19.2 Å². The highest BCUT2D eigenvalue weighted by atomic mass is 16.2. The Hall–Kier alpha value is -1.92. The zero-order valence-electron chi connectivity index (χ0n) is 12.3. The minimum Gasteiger partial charge on any atom is -0.370 e. The van der Waals surface area contributed by atoms with Crippen LogP contribution < -0.4 is 11.1 Å². The Morgan fingerprint density at radius 1 is 1.25 bits per heavy atom. The number of carbonyl (C=O) groups excluding carboxylic acids is 4. The van der Waals surface area contributed by atoms with Crippen molar-refractivity contribution in [3.05, 3.63) is 0 Å². The van der Waals surface area contributed by atoms with Gasteiger partial charge in [0, 0.05) is 6.42 Å². The van der Waals surface area contributed by atoms with E-state index in [1.165, 1.54) is 0 Å². The third-order valence-corrected chi connectivity index (χ3v) is 3.89. The molecule has 0 aromatic heterocycles. The van der Waals surface area contributed by atoms with Gasteiger partial charge < -0.3 is 5.73 Å². The molecule has 5 amide bonds. The summed E-state index contributed by atoms with van der Waals surface area (Å²) in [6.07, 6.45) is 0.402. The first-order chi connectivity index (χ1) is 9.12. The molecule has 112 valence electrons. The van der Waals surface area contributed by atoms with Gasteiger partial charge in [-0.05, 0) is 26.7 Å². The molecule has 1 heterocycles. The second-order valence-electron chi connectivity index (χ2n) is 5.64. The second-order valence-corrected chi connectivity index (χ2v) is 5.64. The highest BCUT2D eigenvalue weighted by molar-refractivity contribution is 6.19. The van der Waals surface area contributed by atoms with Gasteiger partial charge in [0.2, 0.25) is 17.7 Å². The molecule has 1 aliphatic heterocycles. The average molecular weight is 283 g/mol. The van der Waals surface area contributed by atoms with E-state index in [1.807, 2.05) is 0 Å². The highest BCUT2D eigenvalue weighted by Gasteiger charge is 2.55. The van der Waals surface area contributed by atoms with Crippen LogP contribution in [0.5, 0.6) is 0 Å². The zero-order chi connectivity index (χ0) is 15.7. The van der Waals surface area contributed by atoms with Crippen molar-refractivity contribution in [3.8, 4) is 0 Å². The fourth-order valence-electron chi connectivity index (χ4n) is 2.60. The molecule has 0 spiro atoms. The quantitative estimate of drug-likeness (QED) is 0.717. The van der Waals surface area contributed by atoms with Crippen LogP contribution >= 0.6 is 0 Å². The van der Waals surface area contributed by atoms with Crippen LogP contribution in [0.15, 0.2) is 0 Å². The SMILES string of the molecule is CCC1(CC)C(=O)NC(=O)N(C(C)(C)CC(N)=O)C1=O. The predicted octanol–water partition coefficient (Wildman–Crippen LogP) is 0.525. The van der Waals surface area contributed by atoms with Crippen molar-refractivity contribution in [2.24, 2.45) is 11.1 Å². The van der Waals surface area contributed by atoms with Crippen molar-refractivity contribution in [3.63, 3.8) is 0 Å². The van der Waals surface area contributed by atoms with Crippen molar-refractivity contribution in [2.45, 2.75) is 52.5 Å². The number of hydrogen-bond acceptors (Lipinski definition) is 4. The summed E-state index contributed by atoms with van der Waals surface area (Å²) in [5.74, 6) is -1.77. The fourth-order valence-corrected chi connectivity index (χ4v) is 2.60. The Labute approximate surface area is 117 Å². The van der Waals surface area contributed by atoms with Gasteiger partial charge in [0.15, 0.2) is 0 Å². The molecular formula is C13H21N3O4. The summed E-state index contributed by atoms with van der Waals surface area (Å²) >= 11 is 0. The van der Waals surface area contributed by atoms with E-state index in [4.69, 9.17) is 5.73 Å². The molecule has 20 heavy (non-hydrogen) atoms. The molecule has 1 fully saturated rings. The minimum absolute atomic E-state index is 0.163. The number of barbiturate groups is 1. The summed E-state index contributed by atoms with van der Waals surface area (Å²) in [4.78, 5) is 48.7. The van der Waals surface area contributed by atoms with Gasteiger partial charge in [-0.1, -0.05) is 13.8 Å². The van der Waals surface area contributed by atoms with Crippen molar-refractivity contribution in [1.29, 1.82) is 0 Å². The molecule has 0 saturated carbocycles. The molecule has 7 heteroatoms. The van der Waals surface area contributed by atoms with Crippen molar-refractivity contribution in [2.75, 3.05) is 0 Å². The van der Waals surface area contributed by atoms with Crippen molar-refractivity contribution in [1.82, 2.24) is 10.2 Å². The number of rotatable bonds is 5. The molecule has 0 bridgehead atoms. The minimum atomic E-state index is -1.26. The molecule has 0 atom stereocenters. The maximum Gasteiger partial charge on any atom is 0.331 e. The van der Waals surface area contributed by atoms with Crippen LogP contribution in [0, 0.1) is 5.41 Å². The van der Waals surface area contributed by atoms with Crippen LogP contribution in [0.3, 0.4) is 0 Å². The molecule has 1 aliphatic rings. The van der Waals surface area contributed by atoms with Gasteiger partial charge in [0.1, 0.15) is 5.41 Å². The normalized spacial score (nSPS) is 19.0. The molecule has 0 unspecified atom stereocenters. The first-order valence-electron chi connectivity index (χ1n) is 6.60. The smallest absolute Gasteiger partial charge is 0.331 e. The Bertz CT molecular complexity index is 466. The number of nitrogens with one attached hydrogen (secondary N) is 1. The average Bonchev–Trinajstić information content (AvgIpc) is 2.27. The number of nitrogens with two attached hydrogens (primary N) is 1. The molecule has 3 N–H and O–H groups in total. The van der Waals surface area contributed by atoms with E-state index >= 15 is 0 Å². The topological polar surface area (TPSA) is 110 Å². The van der Waals surface area contributed by atoms with E-state index < -0.39 is 34.7 Å². The zero-order valence-corrected chi connectivity index (χ0v) is 12.3. The number of urea groups is 1.